The van der Waals surface area contributed by atoms with Crippen LogP contribution in [0.5, 0.6) is 0 Å². The molecule has 0 bridgehead atoms. The molecule has 0 aromatic carbocycles. The van der Waals surface area contributed by atoms with Gasteiger partial charge in [0.15, 0.2) is 0 Å². The van der Waals surface area contributed by atoms with Gasteiger partial charge < -0.3 is 18.1 Å². The van der Waals surface area contributed by atoms with E-state index in [1.807, 2.05) is 138 Å². The molecule has 0 aliphatic carbocycles. The molecular weight excluding hydrogens is 744 g/mol. The SMILES string of the molecule is C.CC(C)OP(=O)(C(C)C)C(C)C.CC(C)OP(=O)(C(C)C)C(C)C.CC(C)P(=O)(OCC(C)(C)C)C(C)C.CC(C)P(=O)(OCC(C)(C)C)C(C)C. The zero-order chi connectivity index (χ0) is 43.0. The standard InChI is InChI=1S/2C11H25O2P.2C9H21O2P.CH4/c2*1-9(2)14(12,10(3)4)13-8-11(5,6)7;2*1-7(2)11-12(10,8(3)4)9(5)6;/h2*9-10H,8H2,1-7H3;2*7-9H,1-6H3;1H4. The lowest BCUT2D eigenvalue weighted by Crippen LogP contribution is -2.19. The van der Waals surface area contributed by atoms with E-state index in [0.29, 0.717) is 13.2 Å². The topological polar surface area (TPSA) is 105 Å². The zero-order valence-electron chi connectivity index (χ0n) is 39.2. The summed E-state index contributed by atoms with van der Waals surface area (Å²) in [5.74, 6) is 0. The summed E-state index contributed by atoms with van der Waals surface area (Å²) < 4.78 is 71.7. The van der Waals surface area contributed by atoms with Gasteiger partial charge in [0.25, 0.3) is 0 Å². The Kier molecular flexibility index (Phi) is 31.7. The Morgan fingerprint density at radius 1 is 0.340 bits per heavy atom. The van der Waals surface area contributed by atoms with Crippen LogP contribution in [0.4, 0.5) is 0 Å². The average molecular weight is 841 g/mol. The van der Waals surface area contributed by atoms with E-state index in [1.165, 1.54) is 0 Å². The van der Waals surface area contributed by atoms with E-state index in [4.69, 9.17) is 18.1 Å². The maximum atomic E-state index is 12.4. The summed E-state index contributed by atoms with van der Waals surface area (Å²) in [6.07, 6.45) is 0.112. The van der Waals surface area contributed by atoms with Crippen LogP contribution in [-0.4, -0.2) is 70.7 Å². The van der Waals surface area contributed by atoms with Crippen LogP contribution in [0.15, 0.2) is 0 Å². The van der Waals surface area contributed by atoms with E-state index in [2.05, 4.69) is 41.5 Å². The number of hydrogen-bond acceptors (Lipinski definition) is 8. The fraction of sp³-hybridized carbons (Fsp3) is 1.00. The van der Waals surface area contributed by atoms with Gasteiger partial charge in [0.05, 0.1) is 25.4 Å². The van der Waals surface area contributed by atoms with Crippen molar-refractivity contribution in [2.24, 2.45) is 10.8 Å². The van der Waals surface area contributed by atoms with E-state index < -0.39 is 29.5 Å². The number of rotatable bonds is 16. The molecule has 0 heterocycles. The van der Waals surface area contributed by atoms with E-state index in [9.17, 15) is 18.3 Å². The Morgan fingerprint density at radius 2 is 0.491 bits per heavy atom. The molecule has 0 spiro atoms. The Balaban J connectivity index is -0.000000193. The second kappa shape index (κ2) is 26.7. The molecule has 0 fully saturated rings. The summed E-state index contributed by atoms with van der Waals surface area (Å²) in [5.41, 5.74) is 1.13. The fourth-order valence-corrected chi connectivity index (χ4v) is 14.1. The van der Waals surface area contributed by atoms with Crippen molar-refractivity contribution in [1.82, 2.24) is 0 Å². The first-order valence-electron chi connectivity index (χ1n) is 19.8. The highest BCUT2D eigenvalue weighted by Gasteiger charge is 2.35. The lowest BCUT2D eigenvalue weighted by atomic mass is 9.99. The first kappa shape index (κ1) is 62.9. The van der Waals surface area contributed by atoms with Crippen molar-refractivity contribution >= 4 is 29.5 Å². The number of hydrogen-bond donors (Lipinski definition) is 0. The van der Waals surface area contributed by atoms with Crippen LogP contribution in [0, 0.1) is 10.8 Å². The lowest BCUT2D eigenvalue weighted by Gasteiger charge is -2.29. The monoisotopic (exact) mass is 841 g/mol. The van der Waals surface area contributed by atoms with Crippen LogP contribution < -0.4 is 0 Å². The van der Waals surface area contributed by atoms with E-state index in [-0.39, 0.29) is 75.7 Å². The Morgan fingerprint density at radius 3 is 0.566 bits per heavy atom. The van der Waals surface area contributed by atoms with Gasteiger partial charge in [-0.05, 0) is 38.5 Å². The summed E-state index contributed by atoms with van der Waals surface area (Å²) in [5, 5.41) is 0. The molecule has 0 radical (unpaired) electrons. The summed E-state index contributed by atoms with van der Waals surface area (Å²) in [4.78, 5) is 0. The molecule has 0 saturated carbocycles. The quantitative estimate of drug-likeness (QED) is 0.142. The second-order valence-electron chi connectivity index (χ2n) is 19.3. The minimum atomic E-state index is -2.46. The van der Waals surface area contributed by atoms with Gasteiger partial charge in [-0.1, -0.05) is 160 Å². The summed E-state index contributed by atoms with van der Waals surface area (Å²) in [6, 6.07) is 0. The van der Waals surface area contributed by atoms with Gasteiger partial charge in [-0.25, -0.2) is 0 Å². The average Bonchev–Trinajstić information content (AvgIpc) is 2.93. The molecule has 0 aliphatic heterocycles. The smallest absolute Gasteiger partial charge is 0.208 e. The molecule has 0 atom stereocenters. The lowest BCUT2D eigenvalue weighted by molar-refractivity contribution is 0.195. The van der Waals surface area contributed by atoms with Crippen molar-refractivity contribution in [3.63, 3.8) is 0 Å². The molecule has 0 aliphatic rings. The van der Waals surface area contributed by atoms with Crippen LogP contribution in [0.25, 0.3) is 0 Å². The van der Waals surface area contributed by atoms with E-state index in [0.717, 1.165) is 0 Å². The first-order chi connectivity index (χ1) is 22.8. The maximum Gasteiger partial charge on any atom is 0.208 e. The van der Waals surface area contributed by atoms with Crippen LogP contribution >= 0.6 is 29.5 Å². The fourth-order valence-electron chi connectivity index (χ4n) is 4.72. The highest BCUT2D eigenvalue weighted by molar-refractivity contribution is 7.61. The summed E-state index contributed by atoms with van der Waals surface area (Å²) in [6.45, 7) is 52.9. The van der Waals surface area contributed by atoms with Gasteiger partial charge in [-0.3, -0.25) is 18.3 Å². The molecule has 0 saturated heterocycles. The Labute approximate surface area is 333 Å². The molecule has 8 nitrogen and oxygen atoms in total. The van der Waals surface area contributed by atoms with Gasteiger partial charge in [-0.15, -0.1) is 0 Å². The van der Waals surface area contributed by atoms with Crippen LogP contribution in [0.2, 0.25) is 0 Å². The van der Waals surface area contributed by atoms with Gasteiger partial charge in [0.2, 0.25) is 29.5 Å². The first-order valence-corrected chi connectivity index (χ1v) is 26.9. The summed E-state index contributed by atoms with van der Waals surface area (Å²) >= 11 is 0. The molecular formula is C41H96O8P4. The normalized spacial score (nSPS) is 13.5. The molecule has 0 amide bonds. The molecule has 0 aromatic heterocycles. The van der Waals surface area contributed by atoms with Crippen LogP contribution in [-0.2, 0) is 36.4 Å². The van der Waals surface area contributed by atoms with E-state index >= 15 is 0 Å². The van der Waals surface area contributed by atoms with Crippen molar-refractivity contribution in [1.29, 1.82) is 0 Å². The minimum Gasteiger partial charge on any atom is -0.328 e. The third kappa shape index (κ3) is 25.7. The van der Waals surface area contributed by atoms with Gasteiger partial charge >= 0.3 is 0 Å². The molecule has 53 heavy (non-hydrogen) atoms. The largest absolute Gasteiger partial charge is 0.328 e. The molecule has 0 unspecified atom stereocenters. The van der Waals surface area contributed by atoms with Crippen molar-refractivity contribution < 1.29 is 36.4 Å². The van der Waals surface area contributed by atoms with Crippen LogP contribution in [0.1, 0.15) is 187 Å². The predicted molar refractivity (Wildman–Crippen MR) is 242 cm³/mol. The molecule has 0 N–H and O–H groups in total. The third-order valence-electron chi connectivity index (χ3n) is 7.91. The highest BCUT2D eigenvalue weighted by Crippen LogP contribution is 2.59. The third-order valence-corrected chi connectivity index (χ3v) is 22.0. The van der Waals surface area contributed by atoms with Gasteiger partial charge in [-0.2, -0.15) is 0 Å². The van der Waals surface area contributed by atoms with Crippen molar-refractivity contribution in [2.45, 2.75) is 245 Å². The second-order valence-corrected chi connectivity index (χ2v) is 33.7. The molecule has 12 heteroatoms. The molecule has 0 rings (SSSR count). The van der Waals surface area contributed by atoms with E-state index in [1.54, 1.807) is 0 Å². The van der Waals surface area contributed by atoms with Crippen molar-refractivity contribution in [3.8, 4) is 0 Å². The maximum absolute atomic E-state index is 12.4. The Hall–Kier alpha value is 0.760. The highest BCUT2D eigenvalue weighted by atomic mass is 31.2. The van der Waals surface area contributed by atoms with Crippen LogP contribution in [0.3, 0.4) is 0 Å². The zero-order valence-corrected chi connectivity index (χ0v) is 42.8. The van der Waals surface area contributed by atoms with Crippen molar-refractivity contribution in [2.75, 3.05) is 13.2 Å². The van der Waals surface area contributed by atoms with Gasteiger partial charge in [0.1, 0.15) is 0 Å². The predicted octanol–water partition coefficient (Wildman–Crippen LogP) is 15.9. The van der Waals surface area contributed by atoms with Crippen molar-refractivity contribution in [3.05, 3.63) is 0 Å². The Bertz CT molecular complexity index is 990. The molecule has 328 valence electrons. The van der Waals surface area contributed by atoms with Gasteiger partial charge in [0, 0.05) is 45.3 Å². The summed E-state index contributed by atoms with van der Waals surface area (Å²) in [7, 11) is -9.76. The minimum absolute atomic E-state index is 0. The molecule has 0 aromatic rings.